The average molecular weight is 263 g/mol. The number of benzene rings is 1. The predicted octanol–water partition coefficient (Wildman–Crippen LogP) is 1.49. The van der Waals surface area contributed by atoms with Gasteiger partial charge in [0, 0.05) is 13.1 Å². The molecule has 4 heteroatoms. The van der Waals surface area contributed by atoms with Crippen molar-refractivity contribution in [2.45, 2.75) is 39.4 Å². The van der Waals surface area contributed by atoms with Crippen molar-refractivity contribution in [2.24, 2.45) is 5.73 Å². The number of nitrogens with zero attached hydrogens (tertiary/aromatic N) is 1. The summed E-state index contributed by atoms with van der Waals surface area (Å²) in [5.41, 5.74) is 7.25. The van der Waals surface area contributed by atoms with Crippen LogP contribution in [0.5, 0.6) is 0 Å². The van der Waals surface area contributed by atoms with Crippen LogP contribution in [0.2, 0.25) is 0 Å². The Hall–Kier alpha value is -1.39. The van der Waals surface area contributed by atoms with Gasteiger partial charge in [-0.25, -0.2) is 0 Å². The summed E-state index contributed by atoms with van der Waals surface area (Å²) in [5, 5.41) is 2.86. The van der Waals surface area contributed by atoms with Gasteiger partial charge in [0.25, 0.3) is 0 Å². The van der Waals surface area contributed by atoms with E-state index in [2.05, 4.69) is 36.3 Å². The molecule has 0 bridgehead atoms. The van der Waals surface area contributed by atoms with Crippen LogP contribution in [0, 0.1) is 0 Å². The van der Waals surface area contributed by atoms with Gasteiger partial charge >= 0.3 is 0 Å². The van der Waals surface area contributed by atoms with Crippen LogP contribution >= 0.6 is 0 Å². The van der Waals surface area contributed by atoms with Crippen molar-refractivity contribution in [1.29, 1.82) is 0 Å². The summed E-state index contributed by atoms with van der Waals surface area (Å²) in [6, 6.07) is 8.26. The molecule has 0 aliphatic heterocycles. The highest BCUT2D eigenvalue weighted by Gasteiger charge is 2.20. The van der Waals surface area contributed by atoms with Crippen molar-refractivity contribution in [3.8, 4) is 0 Å². The first-order chi connectivity index (χ1) is 8.82. The molecular formula is C15H25N3O. The fourth-order valence-corrected chi connectivity index (χ4v) is 1.67. The van der Waals surface area contributed by atoms with E-state index >= 15 is 0 Å². The van der Waals surface area contributed by atoms with Gasteiger partial charge in [0.05, 0.1) is 5.54 Å². The van der Waals surface area contributed by atoms with Gasteiger partial charge in [0.15, 0.2) is 0 Å². The van der Waals surface area contributed by atoms with Gasteiger partial charge in [0.1, 0.15) is 0 Å². The second kappa shape index (κ2) is 6.68. The monoisotopic (exact) mass is 263 g/mol. The highest BCUT2D eigenvalue weighted by molar-refractivity contribution is 5.84. The smallest absolute Gasteiger partial charge is 0.239 e. The second-order valence-corrected chi connectivity index (χ2v) is 5.55. The fourth-order valence-electron chi connectivity index (χ4n) is 1.67. The van der Waals surface area contributed by atoms with Crippen molar-refractivity contribution in [2.75, 3.05) is 13.6 Å². The Labute approximate surface area is 116 Å². The van der Waals surface area contributed by atoms with E-state index in [4.69, 9.17) is 5.73 Å². The summed E-state index contributed by atoms with van der Waals surface area (Å²) in [6.45, 7) is 7.99. The number of carbonyl (C=O) groups excluding carboxylic acids is 1. The summed E-state index contributed by atoms with van der Waals surface area (Å²) >= 11 is 0. The molecule has 0 unspecified atom stereocenters. The molecule has 1 rings (SSSR count). The Morgan fingerprint density at radius 3 is 2.58 bits per heavy atom. The minimum Gasteiger partial charge on any atom is -0.350 e. The normalized spacial score (nSPS) is 11.7. The van der Waals surface area contributed by atoms with E-state index in [1.165, 1.54) is 5.56 Å². The molecule has 1 amide bonds. The highest BCUT2D eigenvalue weighted by atomic mass is 16.2. The van der Waals surface area contributed by atoms with Crippen molar-refractivity contribution >= 4 is 5.91 Å². The van der Waals surface area contributed by atoms with Crippen LogP contribution < -0.4 is 11.1 Å². The molecule has 0 saturated carbocycles. The van der Waals surface area contributed by atoms with Gasteiger partial charge in [-0.1, -0.05) is 31.2 Å². The van der Waals surface area contributed by atoms with Crippen LogP contribution in [-0.2, 0) is 17.9 Å². The Bertz CT molecular complexity index is 424. The fraction of sp³-hybridized carbons (Fsp3) is 0.533. The molecule has 0 spiro atoms. The number of carbonyl (C=O) groups is 1. The Kier molecular flexibility index (Phi) is 5.51. The standard InChI is InChI=1S/C15H25N3O/c1-5-18(4)11-13-8-6-7-12(9-13)10-17-14(19)15(2,3)16/h6-9H,5,10-11,16H2,1-4H3,(H,17,19). The highest BCUT2D eigenvalue weighted by Crippen LogP contribution is 2.08. The zero-order chi connectivity index (χ0) is 14.5. The molecule has 0 heterocycles. The molecule has 106 valence electrons. The number of nitrogens with one attached hydrogen (secondary N) is 1. The summed E-state index contributed by atoms with van der Waals surface area (Å²) < 4.78 is 0. The summed E-state index contributed by atoms with van der Waals surface area (Å²) in [4.78, 5) is 13.9. The van der Waals surface area contributed by atoms with E-state index < -0.39 is 5.54 Å². The Balaban J connectivity index is 2.60. The third-order valence-electron chi connectivity index (χ3n) is 3.02. The molecule has 0 saturated heterocycles. The SMILES string of the molecule is CCN(C)Cc1cccc(CNC(=O)C(C)(C)N)c1. The Morgan fingerprint density at radius 2 is 2.00 bits per heavy atom. The number of rotatable bonds is 6. The topological polar surface area (TPSA) is 58.4 Å². The van der Waals surface area contributed by atoms with Crippen LogP contribution in [0.4, 0.5) is 0 Å². The first-order valence-electron chi connectivity index (χ1n) is 6.66. The maximum Gasteiger partial charge on any atom is 0.239 e. The number of hydrogen-bond donors (Lipinski definition) is 2. The third-order valence-corrected chi connectivity index (χ3v) is 3.02. The zero-order valence-electron chi connectivity index (χ0n) is 12.4. The van der Waals surface area contributed by atoms with Gasteiger partial charge in [-0.05, 0) is 38.6 Å². The molecule has 4 nitrogen and oxygen atoms in total. The molecule has 0 fully saturated rings. The van der Waals surface area contributed by atoms with Crippen LogP contribution in [0.15, 0.2) is 24.3 Å². The van der Waals surface area contributed by atoms with Crippen molar-refractivity contribution < 1.29 is 4.79 Å². The maximum atomic E-state index is 11.7. The number of hydrogen-bond acceptors (Lipinski definition) is 3. The summed E-state index contributed by atoms with van der Waals surface area (Å²) in [7, 11) is 2.09. The van der Waals surface area contributed by atoms with Gasteiger partial charge in [-0.2, -0.15) is 0 Å². The first-order valence-corrected chi connectivity index (χ1v) is 6.66. The third kappa shape index (κ3) is 5.41. The lowest BCUT2D eigenvalue weighted by Gasteiger charge is -2.18. The van der Waals surface area contributed by atoms with Crippen LogP contribution in [-0.4, -0.2) is 29.9 Å². The average Bonchev–Trinajstić information content (AvgIpc) is 2.35. The van der Waals surface area contributed by atoms with Crippen molar-refractivity contribution in [1.82, 2.24) is 10.2 Å². The van der Waals surface area contributed by atoms with E-state index in [0.29, 0.717) is 6.54 Å². The number of nitrogens with two attached hydrogens (primary N) is 1. The van der Waals surface area contributed by atoms with Crippen molar-refractivity contribution in [3.63, 3.8) is 0 Å². The van der Waals surface area contributed by atoms with Gasteiger partial charge in [-0.15, -0.1) is 0 Å². The molecule has 1 aromatic rings. The van der Waals surface area contributed by atoms with E-state index in [9.17, 15) is 4.79 Å². The number of amides is 1. The summed E-state index contributed by atoms with van der Waals surface area (Å²) in [5.74, 6) is -0.136. The lowest BCUT2D eigenvalue weighted by Crippen LogP contribution is -2.48. The molecule has 19 heavy (non-hydrogen) atoms. The summed E-state index contributed by atoms with van der Waals surface area (Å²) in [6.07, 6.45) is 0. The predicted molar refractivity (Wildman–Crippen MR) is 78.6 cm³/mol. The van der Waals surface area contributed by atoms with Gasteiger partial charge in [-0.3, -0.25) is 4.79 Å². The molecule has 0 aliphatic rings. The quantitative estimate of drug-likeness (QED) is 0.817. The van der Waals surface area contributed by atoms with E-state index in [1.807, 2.05) is 12.1 Å². The van der Waals surface area contributed by atoms with Crippen LogP contribution in [0.3, 0.4) is 0 Å². The molecule has 0 aromatic heterocycles. The molecule has 0 aliphatic carbocycles. The van der Waals surface area contributed by atoms with Crippen LogP contribution in [0.1, 0.15) is 31.9 Å². The lowest BCUT2D eigenvalue weighted by molar-refractivity contribution is -0.125. The van der Waals surface area contributed by atoms with E-state index in [0.717, 1.165) is 18.7 Å². The van der Waals surface area contributed by atoms with E-state index in [-0.39, 0.29) is 5.91 Å². The molecule has 0 radical (unpaired) electrons. The lowest BCUT2D eigenvalue weighted by atomic mass is 10.1. The maximum absolute atomic E-state index is 11.7. The van der Waals surface area contributed by atoms with Crippen molar-refractivity contribution in [3.05, 3.63) is 35.4 Å². The second-order valence-electron chi connectivity index (χ2n) is 5.55. The minimum absolute atomic E-state index is 0.136. The minimum atomic E-state index is -0.833. The molecule has 3 N–H and O–H groups in total. The Morgan fingerprint density at radius 1 is 1.37 bits per heavy atom. The van der Waals surface area contributed by atoms with Crippen LogP contribution in [0.25, 0.3) is 0 Å². The molecule has 1 aromatic carbocycles. The van der Waals surface area contributed by atoms with Gasteiger partial charge < -0.3 is 16.0 Å². The largest absolute Gasteiger partial charge is 0.350 e. The molecular weight excluding hydrogens is 238 g/mol. The first kappa shape index (κ1) is 15.7. The zero-order valence-corrected chi connectivity index (χ0v) is 12.4. The van der Waals surface area contributed by atoms with E-state index in [1.54, 1.807) is 13.8 Å². The van der Waals surface area contributed by atoms with Gasteiger partial charge in [0.2, 0.25) is 5.91 Å². The molecule has 0 atom stereocenters.